The number of benzene rings is 2. The molecule has 3 aromatic rings. The number of hydrogen-bond acceptors (Lipinski definition) is 5. The Morgan fingerprint density at radius 1 is 0.974 bits per heavy atom. The highest BCUT2D eigenvalue weighted by atomic mass is 32.2. The van der Waals surface area contributed by atoms with Crippen molar-refractivity contribution in [3.05, 3.63) is 76.9 Å². The molecule has 0 bridgehead atoms. The van der Waals surface area contributed by atoms with Crippen molar-refractivity contribution >= 4 is 15.7 Å². The number of aromatic nitrogens is 1. The molecule has 0 atom stereocenters. The van der Waals surface area contributed by atoms with Crippen LogP contribution in [0.1, 0.15) is 78.7 Å². The minimum atomic E-state index is -3.89. The monoisotopic (exact) mass is 553 g/mol. The Bertz CT molecular complexity index is 1420. The van der Waals surface area contributed by atoms with Gasteiger partial charge in [-0.1, -0.05) is 50.7 Å². The summed E-state index contributed by atoms with van der Waals surface area (Å²) in [7, 11) is -2.57. The third-order valence-corrected chi connectivity index (χ3v) is 9.90. The summed E-state index contributed by atoms with van der Waals surface area (Å²) in [6.07, 6.45) is 9.83. The van der Waals surface area contributed by atoms with E-state index in [9.17, 15) is 17.6 Å². The number of nitrogens with one attached hydrogen (secondary N) is 3. The van der Waals surface area contributed by atoms with Crippen LogP contribution in [0.4, 0.5) is 4.39 Å². The van der Waals surface area contributed by atoms with Crippen LogP contribution in [0.5, 0.6) is 5.75 Å². The van der Waals surface area contributed by atoms with Gasteiger partial charge in [0.15, 0.2) is 11.6 Å². The van der Waals surface area contributed by atoms with E-state index in [1.807, 2.05) is 6.07 Å². The number of aromatic amines is 1. The zero-order valence-electron chi connectivity index (χ0n) is 22.3. The van der Waals surface area contributed by atoms with Gasteiger partial charge in [-0.2, -0.15) is 0 Å². The van der Waals surface area contributed by atoms with Gasteiger partial charge < -0.3 is 20.4 Å². The van der Waals surface area contributed by atoms with Gasteiger partial charge in [-0.05, 0) is 60.4 Å². The molecule has 0 unspecified atom stereocenters. The van der Waals surface area contributed by atoms with Gasteiger partial charge in [-0.3, -0.25) is 4.79 Å². The molecule has 1 aliphatic carbocycles. The highest BCUT2D eigenvalue weighted by Gasteiger charge is 2.38. The molecule has 1 saturated carbocycles. The molecule has 1 amide bonds. The predicted octanol–water partition coefficient (Wildman–Crippen LogP) is 5.40. The van der Waals surface area contributed by atoms with E-state index in [1.54, 1.807) is 12.1 Å². The van der Waals surface area contributed by atoms with Crippen LogP contribution in [-0.2, 0) is 28.3 Å². The standard InChI is InChI=1S/C30H36FN3O4S/c1-38-27-13-12-24(17-25(27)31)39(36,37)23-10-8-21(9-11-23)18-33-29(35)26-16-22-19-32-20-30(28(22)34-26)14-6-4-2-3-5-7-15-30/h8-13,16-17,32,34H,2-7,14-15,18-20H2,1H3,(H,33,35). The van der Waals surface area contributed by atoms with Gasteiger partial charge in [-0.25, -0.2) is 12.8 Å². The highest BCUT2D eigenvalue weighted by Crippen LogP contribution is 2.40. The van der Waals surface area contributed by atoms with Gasteiger partial charge in [0.2, 0.25) is 9.84 Å². The molecule has 1 aliphatic heterocycles. The second-order valence-electron chi connectivity index (χ2n) is 10.7. The van der Waals surface area contributed by atoms with Crippen molar-refractivity contribution in [3.63, 3.8) is 0 Å². The molecule has 2 aliphatic rings. The van der Waals surface area contributed by atoms with Crippen LogP contribution < -0.4 is 15.4 Å². The molecule has 208 valence electrons. The molecule has 2 heterocycles. The number of ether oxygens (including phenoxy) is 1. The largest absolute Gasteiger partial charge is 0.494 e. The van der Waals surface area contributed by atoms with E-state index < -0.39 is 15.7 Å². The maximum atomic E-state index is 14.1. The van der Waals surface area contributed by atoms with Crippen molar-refractivity contribution in [1.82, 2.24) is 15.6 Å². The second-order valence-corrected chi connectivity index (χ2v) is 12.7. The van der Waals surface area contributed by atoms with E-state index in [2.05, 4.69) is 15.6 Å². The number of carbonyl (C=O) groups excluding carboxylic acids is 1. The third-order valence-electron chi connectivity index (χ3n) is 8.13. The average molecular weight is 554 g/mol. The first-order valence-corrected chi connectivity index (χ1v) is 15.2. The summed E-state index contributed by atoms with van der Waals surface area (Å²) in [6, 6.07) is 11.8. The Hall–Kier alpha value is -3.17. The zero-order valence-corrected chi connectivity index (χ0v) is 23.1. The number of H-pyrrole nitrogens is 1. The molecule has 1 aromatic heterocycles. The van der Waals surface area contributed by atoms with Crippen molar-refractivity contribution in [2.24, 2.45) is 0 Å². The van der Waals surface area contributed by atoms with Crippen LogP contribution in [0.25, 0.3) is 0 Å². The van der Waals surface area contributed by atoms with Crippen LogP contribution >= 0.6 is 0 Å². The van der Waals surface area contributed by atoms with Gasteiger partial charge >= 0.3 is 0 Å². The summed E-state index contributed by atoms with van der Waals surface area (Å²) in [5, 5.41) is 6.54. The quantitative estimate of drug-likeness (QED) is 0.380. The summed E-state index contributed by atoms with van der Waals surface area (Å²) in [4.78, 5) is 16.5. The van der Waals surface area contributed by atoms with Gasteiger partial charge in [0.25, 0.3) is 5.91 Å². The first kappa shape index (κ1) is 27.4. The normalized spacial score (nSPS) is 17.5. The Labute approximate surface area is 229 Å². The summed E-state index contributed by atoms with van der Waals surface area (Å²) >= 11 is 0. The predicted molar refractivity (Wildman–Crippen MR) is 147 cm³/mol. The van der Waals surface area contributed by atoms with Gasteiger partial charge in [-0.15, -0.1) is 0 Å². The lowest BCUT2D eigenvalue weighted by atomic mass is 9.73. The van der Waals surface area contributed by atoms with Gasteiger partial charge in [0, 0.05) is 30.7 Å². The fraction of sp³-hybridized carbons (Fsp3) is 0.433. The lowest BCUT2D eigenvalue weighted by molar-refractivity contribution is 0.0946. The number of methoxy groups -OCH3 is 1. The van der Waals surface area contributed by atoms with Crippen LogP contribution in [-0.4, -0.2) is 33.0 Å². The summed E-state index contributed by atoms with van der Waals surface area (Å²) in [5.41, 5.74) is 3.77. The number of halogens is 1. The van der Waals surface area contributed by atoms with E-state index in [0.29, 0.717) is 5.69 Å². The maximum absolute atomic E-state index is 14.1. The number of carbonyl (C=O) groups is 1. The van der Waals surface area contributed by atoms with Crippen LogP contribution in [0, 0.1) is 5.82 Å². The number of sulfone groups is 1. The Morgan fingerprint density at radius 2 is 1.64 bits per heavy atom. The molecular formula is C30H36FN3O4S. The molecule has 1 fully saturated rings. The Kier molecular flexibility index (Phi) is 8.09. The fourth-order valence-electron chi connectivity index (χ4n) is 5.96. The Balaban J connectivity index is 1.26. The third kappa shape index (κ3) is 5.75. The SMILES string of the molecule is COc1ccc(S(=O)(=O)c2ccc(CNC(=O)c3cc4c([nH]3)C3(CCCCCCCC3)CNC4)cc2)cc1F. The number of amides is 1. The molecule has 9 heteroatoms. The minimum absolute atomic E-state index is 0.0190. The Morgan fingerprint density at radius 3 is 2.31 bits per heavy atom. The zero-order chi connectivity index (χ0) is 27.5. The van der Waals surface area contributed by atoms with Crippen LogP contribution in [0.2, 0.25) is 0 Å². The molecule has 5 rings (SSSR count). The van der Waals surface area contributed by atoms with Gasteiger partial charge in [0.05, 0.1) is 16.9 Å². The number of fused-ring (bicyclic) bond motifs is 2. The first-order valence-electron chi connectivity index (χ1n) is 13.7. The van der Waals surface area contributed by atoms with E-state index in [1.165, 1.54) is 81.2 Å². The molecule has 1 spiro atoms. The van der Waals surface area contributed by atoms with E-state index in [0.717, 1.165) is 37.6 Å². The summed E-state index contributed by atoms with van der Waals surface area (Å²) in [6.45, 7) is 1.96. The highest BCUT2D eigenvalue weighted by molar-refractivity contribution is 7.91. The molecule has 39 heavy (non-hydrogen) atoms. The van der Waals surface area contributed by atoms with Crippen LogP contribution in [0.15, 0.2) is 58.3 Å². The smallest absolute Gasteiger partial charge is 0.267 e. The van der Waals surface area contributed by atoms with Crippen molar-refractivity contribution in [1.29, 1.82) is 0 Å². The summed E-state index contributed by atoms with van der Waals surface area (Å²) in [5.74, 6) is -0.946. The van der Waals surface area contributed by atoms with Crippen molar-refractivity contribution < 1.29 is 22.3 Å². The topological polar surface area (TPSA) is 100 Å². The van der Waals surface area contributed by atoms with Crippen molar-refractivity contribution in [2.75, 3.05) is 13.7 Å². The lowest BCUT2D eigenvalue weighted by Crippen LogP contribution is -2.43. The first-order chi connectivity index (χ1) is 18.8. The van der Waals surface area contributed by atoms with Crippen molar-refractivity contribution in [3.8, 4) is 5.75 Å². The molecule has 0 radical (unpaired) electrons. The molecule has 2 aromatic carbocycles. The number of hydrogen-bond donors (Lipinski definition) is 3. The lowest BCUT2D eigenvalue weighted by Gasteiger charge is -2.38. The average Bonchev–Trinajstić information content (AvgIpc) is 3.43. The molecule has 3 N–H and O–H groups in total. The second kappa shape index (κ2) is 11.5. The maximum Gasteiger partial charge on any atom is 0.267 e. The fourth-order valence-corrected chi connectivity index (χ4v) is 7.23. The van der Waals surface area contributed by atoms with E-state index in [-0.39, 0.29) is 33.4 Å². The summed E-state index contributed by atoms with van der Waals surface area (Å²) < 4.78 is 44.8. The van der Waals surface area contributed by atoms with Crippen molar-refractivity contribution in [2.45, 2.75) is 79.7 Å². The number of rotatable bonds is 6. The van der Waals surface area contributed by atoms with E-state index >= 15 is 0 Å². The minimum Gasteiger partial charge on any atom is -0.494 e. The molecular weight excluding hydrogens is 517 g/mol. The molecule has 0 saturated heterocycles. The van der Waals surface area contributed by atoms with Gasteiger partial charge in [0.1, 0.15) is 5.69 Å². The van der Waals surface area contributed by atoms with Crippen LogP contribution in [0.3, 0.4) is 0 Å². The van der Waals surface area contributed by atoms with E-state index in [4.69, 9.17) is 4.74 Å². The molecule has 7 nitrogen and oxygen atoms in total.